The molecule has 0 aliphatic carbocycles. The van der Waals surface area contributed by atoms with Crippen molar-refractivity contribution in [1.29, 1.82) is 0 Å². The first kappa shape index (κ1) is 34.4. The number of ether oxygens (including phenoxy) is 2. The van der Waals surface area contributed by atoms with Crippen LogP contribution in [0.5, 0.6) is 5.75 Å². The number of aliphatic carboxylic acids is 1. The van der Waals surface area contributed by atoms with E-state index in [9.17, 15) is 37.9 Å². The van der Waals surface area contributed by atoms with Crippen molar-refractivity contribution in [3.05, 3.63) is 71.6 Å². The predicted octanol–water partition coefficient (Wildman–Crippen LogP) is 1.69. The third-order valence-corrected chi connectivity index (χ3v) is 7.30. The van der Waals surface area contributed by atoms with E-state index < -0.39 is 78.2 Å². The molecule has 0 unspecified atom stereocenters. The van der Waals surface area contributed by atoms with Crippen molar-refractivity contribution in [3.63, 3.8) is 0 Å². The second-order valence-electron chi connectivity index (χ2n) is 10.6. The molecule has 2 aromatic carbocycles. The van der Waals surface area contributed by atoms with Crippen molar-refractivity contribution in [1.82, 2.24) is 36.2 Å². The minimum Gasteiger partial charge on any atom is -0.481 e. The number of benzene rings is 2. The molecule has 1 aliphatic heterocycles. The summed E-state index contributed by atoms with van der Waals surface area (Å²) >= 11 is 0. The van der Waals surface area contributed by atoms with E-state index in [1.54, 1.807) is 24.3 Å². The molecule has 0 radical (unpaired) electrons. The zero-order chi connectivity index (χ0) is 33.8. The summed E-state index contributed by atoms with van der Waals surface area (Å²) in [4.78, 5) is 65.8. The number of aryl methyl sites for hydroxylation is 1. The molecule has 2 heterocycles. The van der Waals surface area contributed by atoms with Gasteiger partial charge in [0.25, 0.3) is 0 Å². The largest absolute Gasteiger partial charge is 0.481 e. The summed E-state index contributed by atoms with van der Waals surface area (Å²) in [6.07, 6.45) is -0.325. The number of likely N-dealkylation sites (tertiary alicyclic amines) is 1. The highest BCUT2D eigenvalue weighted by Gasteiger charge is 2.38. The molecule has 4 rings (SSSR count). The Kier molecular flexibility index (Phi) is 12.2. The molecule has 4 N–H and O–H groups in total. The van der Waals surface area contributed by atoms with Crippen LogP contribution in [0.1, 0.15) is 43.5 Å². The predicted molar refractivity (Wildman–Crippen MR) is 156 cm³/mol. The van der Waals surface area contributed by atoms with Crippen molar-refractivity contribution >= 4 is 29.7 Å². The Hall–Kier alpha value is -5.48. The lowest BCUT2D eigenvalue weighted by Gasteiger charge is -2.37. The van der Waals surface area contributed by atoms with Crippen LogP contribution in [0.15, 0.2) is 48.5 Å². The fraction of sp³-hybridized carbons (Fsp3) is 0.400. The third-order valence-electron chi connectivity index (χ3n) is 7.30. The van der Waals surface area contributed by atoms with E-state index in [4.69, 9.17) is 9.47 Å². The molecule has 3 atom stereocenters. The third kappa shape index (κ3) is 10.0. The summed E-state index contributed by atoms with van der Waals surface area (Å²) in [6, 6.07) is 7.89. The number of amides is 3. The lowest BCUT2D eigenvalue weighted by atomic mass is 9.98. The summed E-state index contributed by atoms with van der Waals surface area (Å²) < 4.78 is 38.2. The second kappa shape index (κ2) is 16.7. The average molecular weight is 658 g/mol. The van der Waals surface area contributed by atoms with E-state index >= 15 is 0 Å². The number of rotatable bonds is 15. The van der Waals surface area contributed by atoms with Gasteiger partial charge in [0, 0.05) is 13.0 Å². The lowest BCUT2D eigenvalue weighted by molar-refractivity contribution is -0.146. The Morgan fingerprint density at radius 1 is 1.00 bits per heavy atom. The number of carbonyl (C=O) groups excluding carboxylic acids is 4. The summed E-state index contributed by atoms with van der Waals surface area (Å²) in [5, 5.41) is 27.8. The van der Waals surface area contributed by atoms with Crippen LogP contribution in [0, 0.1) is 11.6 Å². The number of ketones is 1. The zero-order valence-corrected chi connectivity index (χ0v) is 25.1. The minimum atomic E-state index is -1.63. The monoisotopic (exact) mass is 657 g/mol. The standard InChI is InChI=1S/C30H33F2N7O8/c31-19-9-6-10-20(32)27(19)46-17-24(40)22(15-26(41)42)33-28(43)23-11-4-5-14-39(23)29(44)21(12-13-25-35-37-38-36-25)34-30(45)47-16-18-7-2-1-3-8-18/h1-3,6-10,21-23H,4-5,11-17H2,(H,33,43)(H,34,45)(H,41,42)(H,35,36,37,38)/t21-,22-,23-/m0/s1. The van der Waals surface area contributed by atoms with Gasteiger partial charge in [0.2, 0.25) is 11.8 Å². The molecule has 0 bridgehead atoms. The summed E-state index contributed by atoms with van der Waals surface area (Å²) in [5.41, 5.74) is 0.722. The average Bonchev–Trinajstić information content (AvgIpc) is 3.59. The SMILES string of the molecule is O=C(O)C[C@H](NC(=O)[C@@H]1CCCCN1C(=O)[C@H](CCc1nn[nH]n1)NC(=O)OCc1ccccc1)C(=O)COc1c(F)cccc1F. The van der Waals surface area contributed by atoms with Crippen LogP contribution in [0.3, 0.4) is 0 Å². The van der Waals surface area contributed by atoms with Crippen molar-refractivity contribution in [2.75, 3.05) is 13.2 Å². The van der Waals surface area contributed by atoms with Crippen LogP contribution in [0.2, 0.25) is 0 Å². The Morgan fingerprint density at radius 3 is 2.43 bits per heavy atom. The molecule has 17 heteroatoms. The summed E-state index contributed by atoms with van der Waals surface area (Å²) in [6.45, 7) is -0.862. The lowest BCUT2D eigenvalue weighted by Crippen LogP contribution is -2.59. The van der Waals surface area contributed by atoms with Gasteiger partial charge in [0.1, 0.15) is 31.3 Å². The highest BCUT2D eigenvalue weighted by Crippen LogP contribution is 2.22. The van der Waals surface area contributed by atoms with Crippen molar-refractivity contribution < 1.29 is 47.3 Å². The van der Waals surface area contributed by atoms with Gasteiger partial charge in [-0.25, -0.2) is 13.6 Å². The van der Waals surface area contributed by atoms with Gasteiger partial charge in [-0.05, 0) is 43.4 Å². The van der Waals surface area contributed by atoms with Gasteiger partial charge in [-0.3, -0.25) is 19.2 Å². The number of aromatic nitrogens is 4. The number of Topliss-reactive ketones (excluding diaryl/α,β-unsaturated/α-hetero) is 1. The first-order chi connectivity index (χ1) is 22.6. The van der Waals surface area contributed by atoms with Crippen molar-refractivity contribution in [3.8, 4) is 5.75 Å². The van der Waals surface area contributed by atoms with Gasteiger partial charge in [0.15, 0.2) is 29.0 Å². The zero-order valence-electron chi connectivity index (χ0n) is 25.1. The smallest absolute Gasteiger partial charge is 0.408 e. The second-order valence-corrected chi connectivity index (χ2v) is 10.6. The molecular formula is C30H33F2N7O8. The molecule has 250 valence electrons. The number of alkyl carbamates (subject to hydrolysis) is 1. The Balaban J connectivity index is 1.45. The molecule has 1 fully saturated rings. The molecule has 1 saturated heterocycles. The normalized spacial score (nSPS) is 15.6. The van der Waals surface area contributed by atoms with Crippen molar-refractivity contribution in [2.45, 2.75) is 63.3 Å². The van der Waals surface area contributed by atoms with Crippen LogP contribution in [-0.2, 0) is 36.9 Å². The number of para-hydroxylation sites is 1. The minimum absolute atomic E-state index is 0.0215. The van der Waals surface area contributed by atoms with Crippen LogP contribution in [0.4, 0.5) is 13.6 Å². The molecule has 0 spiro atoms. The fourth-order valence-corrected chi connectivity index (χ4v) is 4.95. The molecule has 3 aromatic rings. The first-order valence-corrected chi connectivity index (χ1v) is 14.7. The highest BCUT2D eigenvalue weighted by atomic mass is 19.1. The van der Waals surface area contributed by atoms with E-state index in [1.807, 2.05) is 6.07 Å². The molecule has 1 aliphatic rings. The van der Waals surface area contributed by atoms with E-state index in [-0.39, 0.29) is 38.2 Å². The molecule has 3 amide bonds. The summed E-state index contributed by atoms with van der Waals surface area (Å²) in [5.74, 6) is -6.52. The number of nitrogens with zero attached hydrogens (tertiary/aromatic N) is 4. The maximum atomic E-state index is 14.0. The number of carboxylic acid groups (broad SMARTS) is 1. The number of halogens is 2. The number of aromatic amines is 1. The van der Waals surface area contributed by atoms with E-state index in [0.29, 0.717) is 12.8 Å². The highest BCUT2D eigenvalue weighted by molar-refractivity contribution is 5.96. The van der Waals surface area contributed by atoms with E-state index in [1.165, 1.54) is 4.90 Å². The quantitative estimate of drug-likeness (QED) is 0.185. The van der Waals surface area contributed by atoms with E-state index in [0.717, 1.165) is 23.8 Å². The van der Waals surface area contributed by atoms with Gasteiger partial charge in [-0.1, -0.05) is 41.6 Å². The maximum Gasteiger partial charge on any atom is 0.408 e. The van der Waals surface area contributed by atoms with Crippen LogP contribution in [-0.4, -0.2) is 91.6 Å². The number of hydrogen-bond donors (Lipinski definition) is 4. The topological polar surface area (TPSA) is 206 Å². The molecular weight excluding hydrogens is 624 g/mol. The molecule has 1 aromatic heterocycles. The molecule has 0 saturated carbocycles. The van der Waals surface area contributed by atoms with Gasteiger partial charge < -0.3 is 30.1 Å². The number of carboxylic acids is 1. The van der Waals surface area contributed by atoms with Crippen molar-refractivity contribution in [2.24, 2.45) is 0 Å². The number of nitrogens with one attached hydrogen (secondary N) is 3. The van der Waals surface area contributed by atoms with Crippen LogP contribution in [0.25, 0.3) is 0 Å². The van der Waals surface area contributed by atoms with Gasteiger partial charge in [0.05, 0.1) is 6.42 Å². The number of hydrogen-bond acceptors (Lipinski definition) is 10. The van der Waals surface area contributed by atoms with Crippen LogP contribution < -0.4 is 15.4 Å². The van der Waals surface area contributed by atoms with E-state index in [2.05, 4.69) is 31.3 Å². The fourth-order valence-electron chi connectivity index (χ4n) is 4.95. The van der Waals surface area contributed by atoms with Gasteiger partial charge in [-0.15, -0.1) is 10.2 Å². The Morgan fingerprint density at radius 2 is 1.74 bits per heavy atom. The number of carbonyl (C=O) groups is 5. The summed E-state index contributed by atoms with van der Waals surface area (Å²) in [7, 11) is 0. The Labute approximate surface area is 267 Å². The molecule has 47 heavy (non-hydrogen) atoms. The number of tetrazole rings is 1. The Bertz CT molecular complexity index is 1520. The molecule has 15 nitrogen and oxygen atoms in total. The number of H-pyrrole nitrogens is 1. The maximum absolute atomic E-state index is 14.0. The van der Waals surface area contributed by atoms with Gasteiger partial charge >= 0.3 is 12.1 Å². The number of piperidine rings is 1. The van der Waals surface area contributed by atoms with Crippen LogP contribution >= 0.6 is 0 Å². The van der Waals surface area contributed by atoms with Gasteiger partial charge in [-0.2, -0.15) is 5.21 Å². The first-order valence-electron chi connectivity index (χ1n) is 14.7.